The second-order valence-corrected chi connectivity index (χ2v) is 3.92. The molecule has 0 amide bonds. The van der Waals surface area contributed by atoms with Crippen LogP contribution in [0.5, 0.6) is 11.9 Å². The molecule has 1 saturated heterocycles. The molecule has 16 heavy (non-hydrogen) atoms. The minimum Gasteiger partial charge on any atom is -0.481 e. The molecule has 2 rings (SSSR count). The molecule has 1 aromatic rings. The molecule has 0 saturated carbocycles. The quantitative estimate of drug-likeness (QED) is 0.826. The fourth-order valence-electron chi connectivity index (χ4n) is 1.74. The fraction of sp³-hybridized carbons (Fsp3) is 0.636. The zero-order chi connectivity index (χ0) is 11.4. The van der Waals surface area contributed by atoms with Crippen LogP contribution in [0.3, 0.4) is 0 Å². The van der Waals surface area contributed by atoms with E-state index in [4.69, 9.17) is 9.47 Å². The van der Waals surface area contributed by atoms with Gasteiger partial charge in [0.25, 0.3) is 0 Å². The molecule has 0 radical (unpaired) electrons. The number of hydrogen-bond donors (Lipinski definition) is 1. The number of rotatable bonds is 3. The lowest BCUT2D eigenvalue weighted by atomic mass is 10.1. The summed E-state index contributed by atoms with van der Waals surface area (Å²) in [5, 5.41) is 3.29. The van der Waals surface area contributed by atoms with Crippen molar-refractivity contribution in [3.63, 3.8) is 0 Å². The van der Waals surface area contributed by atoms with Crippen molar-refractivity contribution in [3.05, 3.63) is 11.8 Å². The van der Waals surface area contributed by atoms with Gasteiger partial charge in [-0.1, -0.05) is 0 Å². The van der Waals surface area contributed by atoms with Crippen molar-refractivity contribution < 1.29 is 9.47 Å². The Balaban J connectivity index is 2.04. The molecule has 1 fully saturated rings. The molecule has 1 aliphatic heterocycles. The van der Waals surface area contributed by atoms with Crippen LogP contribution in [0.15, 0.2) is 6.07 Å². The molecule has 0 aromatic carbocycles. The standard InChI is InChI=1S/C11H17N3O2/c1-8-6-10(15-2)14-11(13-8)16-9-4-3-5-12-7-9/h6,9,12H,3-5,7H2,1-2H3. The summed E-state index contributed by atoms with van der Waals surface area (Å²) in [7, 11) is 1.59. The molecule has 1 unspecified atom stereocenters. The molecular weight excluding hydrogens is 206 g/mol. The smallest absolute Gasteiger partial charge is 0.320 e. The van der Waals surface area contributed by atoms with Gasteiger partial charge in [-0.05, 0) is 26.3 Å². The van der Waals surface area contributed by atoms with Gasteiger partial charge in [0.2, 0.25) is 5.88 Å². The third-order valence-corrected chi connectivity index (χ3v) is 2.54. The maximum absolute atomic E-state index is 5.71. The lowest BCUT2D eigenvalue weighted by Gasteiger charge is -2.22. The molecule has 88 valence electrons. The van der Waals surface area contributed by atoms with E-state index in [0.29, 0.717) is 11.9 Å². The van der Waals surface area contributed by atoms with Crippen LogP contribution in [0.4, 0.5) is 0 Å². The summed E-state index contributed by atoms with van der Waals surface area (Å²) < 4.78 is 10.8. The van der Waals surface area contributed by atoms with Gasteiger partial charge in [0.05, 0.1) is 7.11 Å². The van der Waals surface area contributed by atoms with E-state index in [1.807, 2.05) is 6.92 Å². The topological polar surface area (TPSA) is 56.3 Å². The zero-order valence-corrected chi connectivity index (χ0v) is 9.69. The van der Waals surface area contributed by atoms with Crippen LogP contribution < -0.4 is 14.8 Å². The molecule has 5 nitrogen and oxygen atoms in total. The first-order chi connectivity index (χ1) is 7.78. The van der Waals surface area contributed by atoms with Crippen LogP contribution in [0.2, 0.25) is 0 Å². The molecule has 5 heteroatoms. The van der Waals surface area contributed by atoms with Crippen molar-refractivity contribution in [2.45, 2.75) is 25.9 Å². The van der Waals surface area contributed by atoms with Crippen LogP contribution >= 0.6 is 0 Å². The number of piperidine rings is 1. The Morgan fingerprint density at radius 2 is 2.31 bits per heavy atom. The van der Waals surface area contributed by atoms with E-state index in [1.165, 1.54) is 0 Å². The summed E-state index contributed by atoms with van der Waals surface area (Å²) >= 11 is 0. The number of nitrogens with one attached hydrogen (secondary N) is 1. The van der Waals surface area contributed by atoms with Gasteiger partial charge < -0.3 is 14.8 Å². The Morgan fingerprint density at radius 1 is 1.44 bits per heavy atom. The summed E-state index contributed by atoms with van der Waals surface area (Å²) in [5.74, 6) is 0.547. The van der Waals surface area contributed by atoms with Gasteiger partial charge in [-0.15, -0.1) is 0 Å². The molecule has 0 bridgehead atoms. The summed E-state index contributed by atoms with van der Waals surface area (Å²) in [5.41, 5.74) is 0.852. The van der Waals surface area contributed by atoms with E-state index in [-0.39, 0.29) is 6.10 Å². The third kappa shape index (κ3) is 2.82. The van der Waals surface area contributed by atoms with Crippen LogP contribution in [-0.4, -0.2) is 36.3 Å². The molecule has 1 N–H and O–H groups in total. The second-order valence-electron chi connectivity index (χ2n) is 3.92. The van der Waals surface area contributed by atoms with Gasteiger partial charge in [-0.3, -0.25) is 0 Å². The van der Waals surface area contributed by atoms with E-state index in [0.717, 1.165) is 31.6 Å². The van der Waals surface area contributed by atoms with Gasteiger partial charge in [0.15, 0.2) is 0 Å². The summed E-state index contributed by atoms with van der Waals surface area (Å²) in [6.07, 6.45) is 2.35. The average Bonchev–Trinajstić information content (AvgIpc) is 2.29. The highest BCUT2D eigenvalue weighted by atomic mass is 16.5. The van der Waals surface area contributed by atoms with Crippen molar-refractivity contribution in [1.82, 2.24) is 15.3 Å². The Morgan fingerprint density at radius 3 is 3.00 bits per heavy atom. The second kappa shape index (κ2) is 5.12. The Kier molecular flexibility index (Phi) is 3.56. The highest BCUT2D eigenvalue weighted by molar-refractivity contribution is 5.17. The van der Waals surface area contributed by atoms with E-state index >= 15 is 0 Å². The summed E-state index contributed by atoms with van der Waals surface area (Å²) in [6, 6.07) is 2.19. The largest absolute Gasteiger partial charge is 0.481 e. The monoisotopic (exact) mass is 223 g/mol. The van der Waals surface area contributed by atoms with E-state index in [2.05, 4.69) is 15.3 Å². The maximum Gasteiger partial charge on any atom is 0.320 e. The molecule has 1 aliphatic rings. The minimum absolute atomic E-state index is 0.167. The maximum atomic E-state index is 5.71. The predicted molar refractivity (Wildman–Crippen MR) is 59.8 cm³/mol. The Labute approximate surface area is 95.2 Å². The van der Waals surface area contributed by atoms with Crippen molar-refractivity contribution in [2.75, 3.05) is 20.2 Å². The summed E-state index contributed by atoms with van der Waals surface area (Å²) in [4.78, 5) is 8.40. The summed E-state index contributed by atoms with van der Waals surface area (Å²) in [6.45, 7) is 3.83. The van der Waals surface area contributed by atoms with Crippen LogP contribution in [0.1, 0.15) is 18.5 Å². The fourth-order valence-corrected chi connectivity index (χ4v) is 1.74. The lowest BCUT2D eigenvalue weighted by Crippen LogP contribution is -2.37. The van der Waals surface area contributed by atoms with Crippen LogP contribution in [0.25, 0.3) is 0 Å². The first kappa shape index (κ1) is 11.1. The van der Waals surface area contributed by atoms with Crippen molar-refractivity contribution in [3.8, 4) is 11.9 Å². The normalized spacial score (nSPS) is 20.5. The number of nitrogens with zero attached hydrogens (tertiary/aromatic N) is 2. The third-order valence-electron chi connectivity index (χ3n) is 2.54. The van der Waals surface area contributed by atoms with Gasteiger partial charge >= 0.3 is 6.01 Å². The van der Waals surface area contributed by atoms with Gasteiger partial charge in [0.1, 0.15) is 6.10 Å². The minimum atomic E-state index is 0.167. The first-order valence-electron chi connectivity index (χ1n) is 5.55. The number of hydrogen-bond acceptors (Lipinski definition) is 5. The van der Waals surface area contributed by atoms with Crippen molar-refractivity contribution in [2.24, 2.45) is 0 Å². The van der Waals surface area contributed by atoms with E-state index < -0.39 is 0 Å². The Hall–Kier alpha value is -1.36. The number of ether oxygens (including phenoxy) is 2. The molecule has 2 heterocycles. The van der Waals surface area contributed by atoms with E-state index in [1.54, 1.807) is 13.2 Å². The SMILES string of the molecule is COc1cc(C)nc(OC2CCCNC2)n1. The van der Waals surface area contributed by atoms with Crippen molar-refractivity contribution in [1.29, 1.82) is 0 Å². The molecule has 1 atom stereocenters. The molecular formula is C11H17N3O2. The van der Waals surface area contributed by atoms with Crippen LogP contribution in [-0.2, 0) is 0 Å². The first-order valence-corrected chi connectivity index (χ1v) is 5.55. The molecule has 0 aliphatic carbocycles. The molecule has 1 aromatic heterocycles. The number of methoxy groups -OCH3 is 1. The van der Waals surface area contributed by atoms with Crippen LogP contribution in [0, 0.1) is 6.92 Å². The van der Waals surface area contributed by atoms with Crippen molar-refractivity contribution >= 4 is 0 Å². The van der Waals surface area contributed by atoms with E-state index in [9.17, 15) is 0 Å². The zero-order valence-electron chi connectivity index (χ0n) is 9.69. The average molecular weight is 223 g/mol. The molecule has 0 spiro atoms. The van der Waals surface area contributed by atoms with Gasteiger partial charge in [0, 0.05) is 18.3 Å². The lowest BCUT2D eigenvalue weighted by molar-refractivity contribution is 0.151. The number of aryl methyl sites for hydroxylation is 1. The number of aromatic nitrogens is 2. The van der Waals surface area contributed by atoms with Gasteiger partial charge in [-0.25, -0.2) is 4.98 Å². The predicted octanol–water partition coefficient (Wildman–Crippen LogP) is 0.924. The highest BCUT2D eigenvalue weighted by Gasteiger charge is 2.16. The van der Waals surface area contributed by atoms with Gasteiger partial charge in [-0.2, -0.15) is 4.98 Å². The Bertz CT molecular complexity index is 351. The highest BCUT2D eigenvalue weighted by Crippen LogP contribution is 2.16.